The van der Waals surface area contributed by atoms with E-state index in [2.05, 4.69) is 5.32 Å². The number of benzene rings is 2. The molecule has 0 radical (unpaired) electrons. The number of nitrogens with one attached hydrogen (secondary N) is 1. The van der Waals surface area contributed by atoms with Crippen LogP contribution in [0, 0.1) is 5.82 Å². The average Bonchev–Trinajstić information content (AvgIpc) is 2.37. The molecule has 20 heavy (non-hydrogen) atoms. The van der Waals surface area contributed by atoms with E-state index in [1.807, 2.05) is 0 Å². The lowest BCUT2D eigenvalue weighted by Crippen LogP contribution is -2.07. The average molecular weight is 304 g/mol. The van der Waals surface area contributed by atoms with Crippen LogP contribution in [0.3, 0.4) is 0 Å². The van der Waals surface area contributed by atoms with E-state index in [0.717, 1.165) is 18.2 Å². The van der Waals surface area contributed by atoms with Gasteiger partial charge in [-0.2, -0.15) is 13.2 Å². The van der Waals surface area contributed by atoms with Gasteiger partial charge in [0.05, 0.1) is 16.3 Å². The van der Waals surface area contributed by atoms with E-state index in [1.54, 1.807) is 6.07 Å². The fourth-order valence-corrected chi connectivity index (χ4v) is 1.92. The van der Waals surface area contributed by atoms with Gasteiger partial charge in [0, 0.05) is 6.54 Å². The highest BCUT2D eigenvalue weighted by atomic mass is 35.5. The van der Waals surface area contributed by atoms with Gasteiger partial charge in [0.1, 0.15) is 5.82 Å². The highest BCUT2D eigenvalue weighted by molar-refractivity contribution is 6.33. The van der Waals surface area contributed by atoms with Crippen molar-refractivity contribution in [2.45, 2.75) is 12.7 Å². The zero-order valence-electron chi connectivity index (χ0n) is 10.1. The van der Waals surface area contributed by atoms with E-state index in [0.29, 0.717) is 11.3 Å². The fourth-order valence-electron chi connectivity index (χ4n) is 1.69. The van der Waals surface area contributed by atoms with Crippen LogP contribution in [-0.2, 0) is 12.7 Å². The van der Waals surface area contributed by atoms with Crippen molar-refractivity contribution >= 4 is 17.3 Å². The van der Waals surface area contributed by atoms with Crippen LogP contribution < -0.4 is 5.32 Å². The first-order valence-electron chi connectivity index (χ1n) is 5.71. The molecule has 0 saturated heterocycles. The minimum Gasteiger partial charge on any atom is -0.380 e. The Kier molecular flexibility index (Phi) is 4.18. The van der Waals surface area contributed by atoms with E-state index in [4.69, 9.17) is 11.6 Å². The standard InChI is InChI=1S/C14H10ClF4N/c15-12-7-11(16)4-5-13(12)20-8-9-2-1-3-10(6-9)14(17,18)19/h1-7,20H,8H2. The molecule has 2 rings (SSSR count). The molecule has 0 aliphatic rings. The van der Waals surface area contributed by atoms with Crippen LogP contribution in [0.2, 0.25) is 5.02 Å². The van der Waals surface area contributed by atoms with Gasteiger partial charge in [-0.3, -0.25) is 0 Å². The number of rotatable bonds is 3. The minimum atomic E-state index is -4.37. The second-order valence-corrected chi connectivity index (χ2v) is 4.58. The smallest absolute Gasteiger partial charge is 0.380 e. The van der Waals surface area contributed by atoms with E-state index in [-0.39, 0.29) is 11.6 Å². The third kappa shape index (κ3) is 3.63. The number of alkyl halides is 3. The molecule has 0 saturated carbocycles. The van der Waals surface area contributed by atoms with Crippen LogP contribution >= 0.6 is 11.6 Å². The Morgan fingerprint density at radius 1 is 1.05 bits per heavy atom. The SMILES string of the molecule is Fc1ccc(NCc2cccc(C(F)(F)F)c2)c(Cl)c1. The number of anilines is 1. The molecule has 0 aliphatic heterocycles. The minimum absolute atomic E-state index is 0.162. The zero-order valence-corrected chi connectivity index (χ0v) is 10.9. The fraction of sp³-hybridized carbons (Fsp3) is 0.143. The molecule has 6 heteroatoms. The van der Waals surface area contributed by atoms with Crippen molar-refractivity contribution in [3.8, 4) is 0 Å². The molecule has 0 atom stereocenters. The van der Waals surface area contributed by atoms with Crippen LogP contribution in [-0.4, -0.2) is 0 Å². The van der Waals surface area contributed by atoms with Gasteiger partial charge in [0.15, 0.2) is 0 Å². The predicted molar refractivity (Wildman–Crippen MR) is 70.2 cm³/mol. The van der Waals surface area contributed by atoms with Crippen molar-refractivity contribution in [1.82, 2.24) is 0 Å². The maximum Gasteiger partial charge on any atom is 0.416 e. The van der Waals surface area contributed by atoms with Crippen molar-refractivity contribution in [2.24, 2.45) is 0 Å². The topological polar surface area (TPSA) is 12.0 Å². The zero-order chi connectivity index (χ0) is 14.8. The number of hydrogen-bond acceptors (Lipinski definition) is 1. The summed E-state index contributed by atoms with van der Waals surface area (Å²) >= 11 is 5.82. The Labute approximate surface area is 118 Å². The van der Waals surface area contributed by atoms with Crippen LogP contribution in [0.1, 0.15) is 11.1 Å². The van der Waals surface area contributed by atoms with E-state index < -0.39 is 17.6 Å². The Morgan fingerprint density at radius 3 is 2.45 bits per heavy atom. The lowest BCUT2D eigenvalue weighted by atomic mass is 10.1. The molecule has 0 fully saturated rings. The van der Waals surface area contributed by atoms with Crippen molar-refractivity contribution in [3.63, 3.8) is 0 Å². The molecule has 0 heterocycles. The Morgan fingerprint density at radius 2 is 1.80 bits per heavy atom. The van der Waals surface area contributed by atoms with Gasteiger partial charge in [-0.25, -0.2) is 4.39 Å². The van der Waals surface area contributed by atoms with Gasteiger partial charge < -0.3 is 5.32 Å². The number of halogens is 5. The van der Waals surface area contributed by atoms with Gasteiger partial charge in [-0.05, 0) is 35.9 Å². The van der Waals surface area contributed by atoms with Gasteiger partial charge in [0.2, 0.25) is 0 Å². The van der Waals surface area contributed by atoms with Crippen molar-refractivity contribution in [3.05, 3.63) is 64.4 Å². The Bertz CT molecular complexity index is 610. The Balaban J connectivity index is 2.11. The molecule has 106 valence electrons. The molecule has 0 bridgehead atoms. The molecule has 0 aliphatic carbocycles. The van der Waals surface area contributed by atoms with Gasteiger partial charge >= 0.3 is 6.18 Å². The second kappa shape index (κ2) is 5.71. The quantitative estimate of drug-likeness (QED) is 0.777. The predicted octanol–water partition coefficient (Wildman–Crippen LogP) is 5.11. The number of hydrogen-bond donors (Lipinski definition) is 1. The Hall–Kier alpha value is -1.75. The first-order chi connectivity index (χ1) is 9.36. The summed E-state index contributed by atoms with van der Waals surface area (Å²) < 4.78 is 50.5. The van der Waals surface area contributed by atoms with E-state index >= 15 is 0 Å². The highest BCUT2D eigenvalue weighted by Crippen LogP contribution is 2.30. The summed E-state index contributed by atoms with van der Waals surface area (Å²) in [5.41, 5.74) is 0.215. The van der Waals surface area contributed by atoms with Crippen molar-refractivity contribution in [1.29, 1.82) is 0 Å². The van der Waals surface area contributed by atoms with Crippen LogP contribution in [0.25, 0.3) is 0 Å². The second-order valence-electron chi connectivity index (χ2n) is 4.18. The monoisotopic (exact) mass is 303 g/mol. The summed E-state index contributed by atoms with van der Waals surface area (Å²) in [6.07, 6.45) is -4.37. The maximum atomic E-state index is 12.9. The largest absolute Gasteiger partial charge is 0.416 e. The summed E-state index contributed by atoms with van der Waals surface area (Å²) in [5.74, 6) is -0.473. The first kappa shape index (κ1) is 14.7. The molecule has 1 N–H and O–H groups in total. The molecule has 0 aromatic heterocycles. The summed E-state index contributed by atoms with van der Waals surface area (Å²) in [6.45, 7) is 0.162. The van der Waals surface area contributed by atoms with E-state index in [1.165, 1.54) is 18.2 Å². The van der Waals surface area contributed by atoms with Gasteiger partial charge in [0.25, 0.3) is 0 Å². The summed E-state index contributed by atoms with van der Waals surface area (Å²) in [7, 11) is 0. The lowest BCUT2D eigenvalue weighted by molar-refractivity contribution is -0.137. The molecule has 2 aromatic rings. The molecular weight excluding hydrogens is 294 g/mol. The molecule has 0 unspecified atom stereocenters. The normalized spacial score (nSPS) is 11.4. The summed E-state index contributed by atoms with van der Waals surface area (Å²) in [4.78, 5) is 0. The van der Waals surface area contributed by atoms with Gasteiger partial charge in [-0.1, -0.05) is 23.7 Å². The molecule has 1 nitrogen and oxygen atoms in total. The lowest BCUT2D eigenvalue weighted by Gasteiger charge is -2.11. The maximum absolute atomic E-state index is 12.9. The molecule has 2 aromatic carbocycles. The molecule has 0 amide bonds. The summed E-state index contributed by atoms with van der Waals surface area (Å²) in [6, 6.07) is 8.77. The van der Waals surface area contributed by atoms with Gasteiger partial charge in [-0.15, -0.1) is 0 Å². The van der Waals surface area contributed by atoms with Crippen LogP contribution in [0.5, 0.6) is 0 Å². The summed E-state index contributed by atoms with van der Waals surface area (Å²) in [5, 5.41) is 3.05. The van der Waals surface area contributed by atoms with Crippen LogP contribution in [0.15, 0.2) is 42.5 Å². The van der Waals surface area contributed by atoms with E-state index in [9.17, 15) is 17.6 Å². The third-order valence-electron chi connectivity index (χ3n) is 2.67. The molecular formula is C14H10ClF4N. The first-order valence-corrected chi connectivity index (χ1v) is 6.09. The third-order valence-corrected chi connectivity index (χ3v) is 2.98. The van der Waals surface area contributed by atoms with Crippen LogP contribution in [0.4, 0.5) is 23.2 Å². The van der Waals surface area contributed by atoms with Crippen molar-refractivity contribution < 1.29 is 17.6 Å². The van der Waals surface area contributed by atoms with Crippen molar-refractivity contribution in [2.75, 3.05) is 5.32 Å². The highest BCUT2D eigenvalue weighted by Gasteiger charge is 2.30. The molecule has 0 spiro atoms.